The van der Waals surface area contributed by atoms with Crippen LogP contribution in [-0.4, -0.2) is 20.1 Å². The second-order valence-electron chi connectivity index (χ2n) is 5.62. The zero-order chi connectivity index (χ0) is 14.5. The molecule has 0 aliphatic carbocycles. The van der Waals surface area contributed by atoms with E-state index in [4.69, 9.17) is 0 Å². The van der Waals surface area contributed by atoms with Crippen molar-refractivity contribution in [1.82, 2.24) is 15.0 Å². The maximum Gasteiger partial charge on any atom is 0.122 e. The number of hydrogen-bond acceptors (Lipinski definition) is 3. The van der Waals surface area contributed by atoms with Crippen molar-refractivity contribution < 1.29 is 5.11 Å². The monoisotopic (exact) mass is 273 g/mol. The van der Waals surface area contributed by atoms with Gasteiger partial charge in [0, 0.05) is 6.54 Å². The SMILES string of the molecule is CCCn1nncc1C(O)c1ccc(CC(C)C)cc1. The van der Waals surface area contributed by atoms with Gasteiger partial charge in [-0.3, -0.25) is 0 Å². The zero-order valence-electron chi connectivity index (χ0n) is 12.5. The van der Waals surface area contributed by atoms with Gasteiger partial charge < -0.3 is 5.11 Å². The van der Waals surface area contributed by atoms with Gasteiger partial charge in [0.15, 0.2) is 0 Å². The van der Waals surface area contributed by atoms with Gasteiger partial charge in [-0.25, -0.2) is 4.68 Å². The summed E-state index contributed by atoms with van der Waals surface area (Å²) in [6.45, 7) is 7.27. The minimum atomic E-state index is -0.662. The van der Waals surface area contributed by atoms with Gasteiger partial charge in [-0.1, -0.05) is 50.3 Å². The number of rotatable bonds is 6. The van der Waals surface area contributed by atoms with Gasteiger partial charge in [0.05, 0.1) is 11.9 Å². The molecule has 1 aromatic carbocycles. The summed E-state index contributed by atoms with van der Waals surface area (Å²) in [5.74, 6) is 0.640. The summed E-state index contributed by atoms with van der Waals surface area (Å²) in [5, 5.41) is 18.4. The Bertz CT molecular complexity index is 531. The Morgan fingerprint density at radius 2 is 1.90 bits per heavy atom. The highest BCUT2D eigenvalue weighted by Gasteiger charge is 2.16. The lowest BCUT2D eigenvalue weighted by atomic mass is 9.99. The van der Waals surface area contributed by atoms with Crippen molar-refractivity contribution in [2.45, 2.75) is 46.3 Å². The fourth-order valence-corrected chi connectivity index (χ4v) is 2.34. The van der Waals surface area contributed by atoms with E-state index in [1.165, 1.54) is 5.56 Å². The Morgan fingerprint density at radius 3 is 2.50 bits per heavy atom. The van der Waals surface area contributed by atoms with E-state index < -0.39 is 6.10 Å². The molecule has 4 nitrogen and oxygen atoms in total. The van der Waals surface area contributed by atoms with Gasteiger partial charge in [0.1, 0.15) is 6.10 Å². The van der Waals surface area contributed by atoms with E-state index in [0.717, 1.165) is 30.6 Å². The third kappa shape index (κ3) is 3.45. The van der Waals surface area contributed by atoms with Crippen molar-refractivity contribution in [2.24, 2.45) is 5.92 Å². The molecule has 0 saturated heterocycles. The van der Waals surface area contributed by atoms with E-state index in [-0.39, 0.29) is 0 Å². The molecule has 0 aliphatic heterocycles. The molecule has 20 heavy (non-hydrogen) atoms. The largest absolute Gasteiger partial charge is 0.382 e. The predicted octanol–water partition coefficient (Wildman–Crippen LogP) is 2.97. The molecule has 1 unspecified atom stereocenters. The van der Waals surface area contributed by atoms with Crippen molar-refractivity contribution in [3.8, 4) is 0 Å². The summed E-state index contributed by atoms with van der Waals surface area (Å²) in [4.78, 5) is 0. The van der Waals surface area contributed by atoms with E-state index in [1.807, 2.05) is 12.1 Å². The lowest BCUT2D eigenvalue weighted by Gasteiger charge is -2.13. The molecule has 0 amide bonds. The fraction of sp³-hybridized carbons (Fsp3) is 0.500. The van der Waals surface area contributed by atoms with Crippen LogP contribution in [0.3, 0.4) is 0 Å². The van der Waals surface area contributed by atoms with Crippen LogP contribution in [0.2, 0.25) is 0 Å². The highest BCUT2D eigenvalue weighted by molar-refractivity contribution is 5.28. The molecule has 1 N–H and O–H groups in total. The summed E-state index contributed by atoms with van der Waals surface area (Å²) >= 11 is 0. The van der Waals surface area contributed by atoms with Crippen LogP contribution in [0.1, 0.15) is 50.1 Å². The van der Waals surface area contributed by atoms with Crippen molar-refractivity contribution in [3.63, 3.8) is 0 Å². The summed E-state index contributed by atoms with van der Waals surface area (Å²) in [6.07, 6.45) is 3.01. The average molecular weight is 273 g/mol. The zero-order valence-corrected chi connectivity index (χ0v) is 12.5. The van der Waals surface area contributed by atoms with Crippen LogP contribution in [0, 0.1) is 5.92 Å². The van der Waals surface area contributed by atoms with Crippen molar-refractivity contribution in [1.29, 1.82) is 0 Å². The quantitative estimate of drug-likeness (QED) is 0.880. The third-order valence-corrected chi connectivity index (χ3v) is 3.30. The molecule has 1 aromatic heterocycles. The molecule has 108 valence electrons. The molecular formula is C16H23N3O. The lowest BCUT2D eigenvalue weighted by molar-refractivity contribution is 0.207. The van der Waals surface area contributed by atoms with E-state index in [2.05, 4.69) is 43.2 Å². The second-order valence-corrected chi connectivity index (χ2v) is 5.62. The summed E-state index contributed by atoms with van der Waals surface area (Å²) < 4.78 is 1.77. The van der Waals surface area contributed by atoms with E-state index in [0.29, 0.717) is 5.92 Å². The number of aliphatic hydroxyl groups excluding tert-OH is 1. The summed E-state index contributed by atoms with van der Waals surface area (Å²) in [5.41, 5.74) is 2.94. The highest BCUT2D eigenvalue weighted by Crippen LogP contribution is 2.22. The molecule has 0 spiro atoms. The Balaban J connectivity index is 2.16. The molecule has 1 heterocycles. The fourth-order valence-electron chi connectivity index (χ4n) is 2.34. The third-order valence-electron chi connectivity index (χ3n) is 3.30. The molecule has 0 bridgehead atoms. The van der Waals surface area contributed by atoms with Crippen LogP contribution in [0.25, 0.3) is 0 Å². The number of hydrogen-bond donors (Lipinski definition) is 1. The summed E-state index contributed by atoms with van der Waals surface area (Å²) in [7, 11) is 0. The highest BCUT2D eigenvalue weighted by atomic mass is 16.3. The molecule has 4 heteroatoms. The maximum atomic E-state index is 10.5. The maximum absolute atomic E-state index is 10.5. The minimum absolute atomic E-state index is 0.640. The smallest absolute Gasteiger partial charge is 0.122 e. The number of benzene rings is 1. The minimum Gasteiger partial charge on any atom is -0.382 e. The molecule has 2 aromatic rings. The topological polar surface area (TPSA) is 50.9 Å². The predicted molar refractivity (Wildman–Crippen MR) is 79.4 cm³/mol. The van der Waals surface area contributed by atoms with Crippen LogP contribution in [0.4, 0.5) is 0 Å². The van der Waals surface area contributed by atoms with Gasteiger partial charge in [-0.2, -0.15) is 0 Å². The van der Waals surface area contributed by atoms with Crippen molar-refractivity contribution in [3.05, 3.63) is 47.3 Å². The summed E-state index contributed by atoms with van der Waals surface area (Å²) in [6, 6.07) is 8.16. The first-order chi connectivity index (χ1) is 9.61. The van der Waals surface area contributed by atoms with E-state index >= 15 is 0 Å². The van der Waals surface area contributed by atoms with Crippen LogP contribution in [0.15, 0.2) is 30.5 Å². The molecule has 0 fully saturated rings. The molecule has 0 radical (unpaired) electrons. The number of aromatic nitrogens is 3. The van der Waals surface area contributed by atoms with Crippen LogP contribution >= 0.6 is 0 Å². The first kappa shape index (κ1) is 14.7. The van der Waals surface area contributed by atoms with E-state index in [1.54, 1.807) is 10.9 Å². The lowest BCUT2D eigenvalue weighted by Crippen LogP contribution is -2.10. The van der Waals surface area contributed by atoms with Gasteiger partial charge >= 0.3 is 0 Å². The standard InChI is InChI=1S/C16H23N3O/c1-4-9-19-15(11-17-18-19)16(20)14-7-5-13(6-8-14)10-12(2)3/h5-8,11-12,16,20H,4,9-10H2,1-3H3. The number of nitrogens with zero attached hydrogens (tertiary/aromatic N) is 3. The van der Waals surface area contributed by atoms with Gasteiger partial charge in [-0.05, 0) is 29.9 Å². The molecular weight excluding hydrogens is 250 g/mol. The number of aryl methyl sites for hydroxylation is 1. The first-order valence-corrected chi connectivity index (χ1v) is 7.27. The Hall–Kier alpha value is -1.68. The molecule has 1 atom stereocenters. The van der Waals surface area contributed by atoms with Crippen LogP contribution < -0.4 is 0 Å². The van der Waals surface area contributed by atoms with E-state index in [9.17, 15) is 5.11 Å². The Labute approximate surface area is 120 Å². The normalized spacial score (nSPS) is 12.8. The van der Waals surface area contributed by atoms with Gasteiger partial charge in [0.2, 0.25) is 0 Å². The average Bonchev–Trinajstić information content (AvgIpc) is 2.87. The van der Waals surface area contributed by atoms with Gasteiger partial charge in [0.25, 0.3) is 0 Å². The molecule has 0 saturated carbocycles. The first-order valence-electron chi connectivity index (χ1n) is 7.27. The van der Waals surface area contributed by atoms with Crippen molar-refractivity contribution >= 4 is 0 Å². The van der Waals surface area contributed by atoms with Crippen LogP contribution in [-0.2, 0) is 13.0 Å². The van der Waals surface area contributed by atoms with Crippen LogP contribution in [0.5, 0.6) is 0 Å². The van der Waals surface area contributed by atoms with Gasteiger partial charge in [-0.15, -0.1) is 5.10 Å². The Kier molecular flexibility index (Phi) is 4.90. The Morgan fingerprint density at radius 1 is 1.20 bits per heavy atom. The molecule has 2 rings (SSSR count). The molecule has 0 aliphatic rings. The van der Waals surface area contributed by atoms with Crippen molar-refractivity contribution in [2.75, 3.05) is 0 Å². The number of aliphatic hydroxyl groups is 1. The second kappa shape index (κ2) is 6.66.